The number of carboxylic acid groups (broad SMARTS) is 1. The van der Waals surface area contributed by atoms with Crippen molar-refractivity contribution in [2.75, 3.05) is 11.9 Å². The Morgan fingerprint density at radius 1 is 1.10 bits per heavy atom. The number of anilines is 1. The Balaban J connectivity index is 1.83. The molecule has 0 heterocycles. The Bertz CT molecular complexity index is 695. The first kappa shape index (κ1) is 12.7. The maximum absolute atomic E-state index is 12.2. The molecule has 0 bridgehead atoms. The Morgan fingerprint density at radius 3 is 2.45 bits per heavy atom. The minimum atomic E-state index is -0.879. The highest BCUT2D eigenvalue weighted by molar-refractivity contribution is 6.01. The molecule has 0 spiro atoms. The van der Waals surface area contributed by atoms with Crippen LogP contribution >= 0.6 is 0 Å². The maximum atomic E-state index is 12.2. The quantitative estimate of drug-likeness (QED) is 0.931. The van der Waals surface area contributed by atoms with Crippen molar-refractivity contribution < 1.29 is 14.7 Å². The smallest absolute Gasteiger partial charge is 0.307 e. The van der Waals surface area contributed by atoms with Crippen LogP contribution in [-0.4, -0.2) is 24.0 Å². The van der Waals surface area contributed by atoms with Crippen molar-refractivity contribution in [3.8, 4) is 0 Å². The van der Waals surface area contributed by atoms with Gasteiger partial charge in [0.25, 0.3) is 0 Å². The van der Waals surface area contributed by atoms with Crippen LogP contribution in [0.3, 0.4) is 0 Å². The summed E-state index contributed by atoms with van der Waals surface area (Å²) < 4.78 is 0. The van der Waals surface area contributed by atoms with Crippen LogP contribution in [0.1, 0.15) is 6.42 Å². The Morgan fingerprint density at radius 2 is 1.80 bits per heavy atom. The average Bonchev–Trinajstić information content (AvgIpc) is 3.26. The summed E-state index contributed by atoms with van der Waals surface area (Å²) in [5, 5.41) is 11.1. The molecule has 2 aromatic rings. The number of carboxylic acids is 1. The number of carbonyl (C=O) groups excluding carboxylic acids is 1. The number of fused-ring (bicyclic) bond motifs is 1. The van der Waals surface area contributed by atoms with Gasteiger partial charge in [-0.05, 0) is 29.3 Å². The second-order valence-electron chi connectivity index (χ2n) is 5.22. The van der Waals surface area contributed by atoms with Gasteiger partial charge in [-0.25, -0.2) is 0 Å². The molecule has 20 heavy (non-hydrogen) atoms. The lowest BCUT2D eigenvalue weighted by atomic mass is 10.1. The lowest BCUT2D eigenvalue weighted by molar-refractivity contribution is -0.139. The fourth-order valence-corrected chi connectivity index (χ4v) is 2.50. The molecule has 1 saturated carbocycles. The predicted molar refractivity (Wildman–Crippen MR) is 76.6 cm³/mol. The molecule has 0 aromatic heterocycles. The van der Waals surface area contributed by atoms with E-state index in [0.717, 1.165) is 16.5 Å². The lowest BCUT2D eigenvalue weighted by Crippen LogP contribution is -2.28. The fraction of sp³-hybridized carbons (Fsp3) is 0.250. The van der Waals surface area contributed by atoms with Gasteiger partial charge in [0.2, 0.25) is 5.91 Å². The number of amides is 1. The molecular weight excluding hydrogens is 254 g/mol. The molecule has 0 aliphatic heterocycles. The molecule has 3 rings (SSSR count). The van der Waals surface area contributed by atoms with Gasteiger partial charge in [0.1, 0.15) is 0 Å². The van der Waals surface area contributed by atoms with E-state index < -0.39 is 11.9 Å². The Kier molecular flexibility index (Phi) is 2.93. The van der Waals surface area contributed by atoms with E-state index >= 15 is 0 Å². The zero-order valence-corrected chi connectivity index (χ0v) is 11.1. The Labute approximate surface area is 116 Å². The van der Waals surface area contributed by atoms with Gasteiger partial charge in [0.15, 0.2) is 0 Å². The number of carbonyl (C=O) groups is 2. The van der Waals surface area contributed by atoms with Gasteiger partial charge in [0, 0.05) is 12.7 Å². The molecule has 2 unspecified atom stereocenters. The van der Waals surface area contributed by atoms with Gasteiger partial charge < -0.3 is 10.0 Å². The molecule has 1 N–H and O–H groups in total. The molecule has 4 heteroatoms. The van der Waals surface area contributed by atoms with E-state index in [1.54, 1.807) is 11.9 Å². The molecule has 1 aliphatic rings. The minimum absolute atomic E-state index is 0.118. The summed E-state index contributed by atoms with van der Waals surface area (Å²) in [6.07, 6.45) is 0.450. The SMILES string of the molecule is CN(C(=O)C1CC1C(=O)O)c1ccc2ccccc2c1. The van der Waals surface area contributed by atoms with Crippen molar-refractivity contribution in [3.05, 3.63) is 42.5 Å². The number of rotatable bonds is 3. The lowest BCUT2D eigenvalue weighted by Gasteiger charge is -2.18. The summed E-state index contributed by atoms with van der Waals surface area (Å²) in [4.78, 5) is 24.6. The maximum Gasteiger partial charge on any atom is 0.307 e. The summed E-state index contributed by atoms with van der Waals surface area (Å²) in [5.41, 5.74) is 0.796. The largest absolute Gasteiger partial charge is 0.481 e. The number of benzene rings is 2. The normalized spacial score (nSPS) is 20.6. The van der Waals surface area contributed by atoms with Crippen LogP contribution in [0.5, 0.6) is 0 Å². The van der Waals surface area contributed by atoms with Crippen LogP contribution in [0, 0.1) is 11.8 Å². The van der Waals surface area contributed by atoms with Gasteiger partial charge in [-0.15, -0.1) is 0 Å². The highest BCUT2D eigenvalue weighted by atomic mass is 16.4. The van der Waals surface area contributed by atoms with Crippen molar-refractivity contribution in [1.82, 2.24) is 0 Å². The van der Waals surface area contributed by atoms with Gasteiger partial charge in [0.05, 0.1) is 11.8 Å². The van der Waals surface area contributed by atoms with Gasteiger partial charge in [-0.2, -0.15) is 0 Å². The molecule has 2 atom stereocenters. The molecular formula is C16H15NO3. The highest BCUT2D eigenvalue weighted by Gasteiger charge is 2.49. The van der Waals surface area contributed by atoms with E-state index in [9.17, 15) is 9.59 Å². The van der Waals surface area contributed by atoms with Crippen molar-refractivity contribution in [3.63, 3.8) is 0 Å². The first-order chi connectivity index (χ1) is 9.58. The molecule has 4 nitrogen and oxygen atoms in total. The van der Waals surface area contributed by atoms with Crippen molar-refractivity contribution >= 4 is 28.3 Å². The average molecular weight is 269 g/mol. The highest BCUT2D eigenvalue weighted by Crippen LogP contribution is 2.40. The van der Waals surface area contributed by atoms with Gasteiger partial charge in [-0.1, -0.05) is 30.3 Å². The van der Waals surface area contributed by atoms with E-state index in [2.05, 4.69) is 0 Å². The number of hydrogen-bond acceptors (Lipinski definition) is 2. The van der Waals surface area contributed by atoms with Crippen molar-refractivity contribution in [1.29, 1.82) is 0 Å². The summed E-state index contributed by atoms with van der Waals surface area (Å²) in [6, 6.07) is 13.7. The van der Waals surface area contributed by atoms with Crippen LogP contribution in [0.15, 0.2) is 42.5 Å². The zero-order chi connectivity index (χ0) is 14.3. The molecule has 1 aliphatic carbocycles. The number of hydrogen-bond donors (Lipinski definition) is 1. The molecule has 1 amide bonds. The molecule has 2 aromatic carbocycles. The van der Waals surface area contributed by atoms with Crippen molar-refractivity contribution in [2.45, 2.75) is 6.42 Å². The second kappa shape index (κ2) is 4.63. The molecule has 0 saturated heterocycles. The van der Waals surface area contributed by atoms with Crippen LogP contribution in [-0.2, 0) is 9.59 Å². The van der Waals surface area contributed by atoms with Crippen LogP contribution in [0.4, 0.5) is 5.69 Å². The minimum Gasteiger partial charge on any atom is -0.481 e. The summed E-state index contributed by atoms with van der Waals surface area (Å²) in [7, 11) is 1.70. The van der Waals surface area contributed by atoms with Crippen LogP contribution in [0.25, 0.3) is 10.8 Å². The van der Waals surface area contributed by atoms with E-state index in [1.807, 2.05) is 42.5 Å². The predicted octanol–water partition coefficient (Wildman–Crippen LogP) is 2.52. The van der Waals surface area contributed by atoms with E-state index in [1.165, 1.54) is 0 Å². The van der Waals surface area contributed by atoms with Crippen LogP contribution < -0.4 is 4.90 Å². The standard InChI is InChI=1S/C16H15NO3/c1-17(15(18)13-9-14(13)16(19)20)12-7-6-10-4-2-3-5-11(10)8-12/h2-8,13-14H,9H2,1H3,(H,19,20). The van der Waals surface area contributed by atoms with E-state index in [0.29, 0.717) is 6.42 Å². The molecule has 0 radical (unpaired) electrons. The number of nitrogens with zero attached hydrogens (tertiary/aromatic N) is 1. The summed E-state index contributed by atoms with van der Waals surface area (Å²) in [6.45, 7) is 0. The van der Waals surface area contributed by atoms with Crippen LogP contribution in [0.2, 0.25) is 0 Å². The zero-order valence-electron chi connectivity index (χ0n) is 11.1. The third kappa shape index (κ3) is 2.13. The Hall–Kier alpha value is -2.36. The second-order valence-corrected chi connectivity index (χ2v) is 5.22. The van der Waals surface area contributed by atoms with Crippen molar-refractivity contribution in [2.24, 2.45) is 11.8 Å². The monoisotopic (exact) mass is 269 g/mol. The first-order valence-corrected chi connectivity index (χ1v) is 6.57. The fourth-order valence-electron chi connectivity index (χ4n) is 2.50. The molecule has 102 valence electrons. The van der Waals surface area contributed by atoms with E-state index in [4.69, 9.17) is 5.11 Å². The first-order valence-electron chi connectivity index (χ1n) is 6.57. The van der Waals surface area contributed by atoms with E-state index in [-0.39, 0.29) is 11.8 Å². The van der Waals surface area contributed by atoms with Gasteiger partial charge >= 0.3 is 5.97 Å². The third-order valence-corrected chi connectivity index (χ3v) is 3.88. The van der Waals surface area contributed by atoms with Gasteiger partial charge in [-0.3, -0.25) is 9.59 Å². The molecule has 1 fully saturated rings. The third-order valence-electron chi connectivity index (χ3n) is 3.88. The number of aliphatic carboxylic acids is 1. The summed E-state index contributed by atoms with van der Waals surface area (Å²) in [5.74, 6) is -1.88. The topological polar surface area (TPSA) is 57.6 Å². The summed E-state index contributed by atoms with van der Waals surface area (Å²) >= 11 is 0.